The Kier molecular flexibility index (Phi) is 6.04. The van der Waals surface area contributed by atoms with E-state index in [0.717, 1.165) is 5.56 Å². The van der Waals surface area contributed by atoms with Crippen molar-refractivity contribution in [2.75, 3.05) is 11.9 Å². The number of hydrogen-bond donors (Lipinski definition) is 1. The van der Waals surface area contributed by atoms with Crippen LogP contribution in [0.1, 0.15) is 12.0 Å². The second-order valence-corrected chi connectivity index (χ2v) is 6.70. The van der Waals surface area contributed by atoms with Crippen molar-refractivity contribution in [1.82, 2.24) is 5.01 Å². The minimum absolute atomic E-state index is 0.0227. The number of nitrogens with zero attached hydrogens (tertiary/aromatic N) is 2. The zero-order valence-corrected chi connectivity index (χ0v) is 15.8. The number of carbonyl (C=O) groups excluding carboxylic acids is 1. The van der Waals surface area contributed by atoms with Crippen molar-refractivity contribution in [2.24, 2.45) is 5.10 Å². The van der Waals surface area contributed by atoms with Crippen LogP contribution in [-0.4, -0.2) is 29.9 Å². The molecule has 2 aromatic rings. The highest BCUT2D eigenvalue weighted by atomic mass is 35.5. The lowest BCUT2D eigenvalue weighted by Crippen LogP contribution is -2.29. The summed E-state index contributed by atoms with van der Waals surface area (Å²) >= 11 is 17.6. The molecule has 10 heteroatoms. The van der Waals surface area contributed by atoms with E-state index in [1.165, 1.54) is 17.1 Å². The predicted molar refractivity (Wildman–Crippen MR) is 101 cm³/mol. The van der Waals surface area contributed by atoms with Crippen LogP contribution in [0.3, 0.4) is 0 Å². The average Bonchev–Trinajstić information content (AvgIpc) is 3.12. The Morgan fingerprint density at radius 2 is 1.85 bits per heavy atom. The first-order valence-electron chi connectivity index (χ1n) is 7.70. The molecule has 1 aliphatic heterocycles. The third-order valence-electron chi connectivity index (χ3n) is 3.71. The van der Waals surface area contributed by atoms with Gasteiger partial charge in [-0.2, -0.15) is 13.9 Å². The fraction of sp³-hybridized carbons (Fsp3) is 0.176. The molecule has 5 nitrogen and oxygen atoms in total. The number of anilines is 1. The van der Waals surface area contributed by atoms with Gasteiger partial charge in [-0.15, -0.1) is 0 Å². The molecule has 0 saturated carbocycles. The van der Waals surface area contributed by atoms with E-state index in [1.807, 2.05) is 0 Å². The first-order valence-corrected chi connectivity index (χ1v) is 8.83. The normalized spacial score (nSPS) is 13.7. The molecule has 1 heterocycles. The fourth-order valence-corrected chi connectivity index (χ4v) is 2.95. The Morgan fingerprint density at radius 1 is 1.15 bits per heavy atom. The van der Waals surface area contributed by atoms with Gasteiger partial charge in [0.1, 0.15) is 5.02 Å². The summed E-state index contributed by atoms with van der Waals surface area (Å²) in [5, 5.41) is 8.32. The number of urea groups is 1. The Balaban J connectivity index is 1.78. The van der Waals surface area contributed by atoms with Gasteiger partial charge >= 0.3 is 12.6 Å². The first kappa shape index (κ1) is 19.7. The quantitative estimate of drug-likeness (QED) is 0.652. The average molecular weight is 435 g/mol. The highest BCUT2D eigenvalue weighted by Gasteiger charge is 2.24. The lowest BCUT2D eigenvalue weighted by Gasteiger charge is -2.17. The standard InChI is InChI=1S/C17H12Cl3F2N3O2/c18-10-3-1-9(2-4-10)12-7-8-25(24-12)17(26)23-13-6-5-11(19)14(20)15(13)27-16(21)22/h1-6,16H,7-8H2,(H,23,26). The van der Waals surface area contributed by atoms with Crippen molar-refractivity contribution in [3.8, 4) is 5.75 Å². The molecule has 27 heavy (non-hydrogen) atoms. The van der Waals surface area contributed by atoms with Gasteiger partial charge < -0.3 is 10.1 Å². The Bertz CT molecular complexity index is 892. The van der Waals surface area contributed by atoms with Gasteiger partial charge in [-0.3, -0.25) is 0 Å². The number of nitrogens with one attached hydrogen (secondary N) is 1. The molecule has 3 rings (SSSR count). The molecule has 1 N–H and O–H groups in total. The monoisotopic (exact) mass is 433 g/mol. The summed E-state index contributed by atoms with van der Waals surface area (Å²) in [5.74, 6) is -0.409. The molecule has 2 aromatic carbocycles. The van der Waals surface area contributed by atoms with E-state index < -0.39 is 18.4 Å². The maximum atomic E-state index is 12.6. The molecule has 0 unspecified atom stereocenters. The van der Waals surface area contributed by atoms with Crippen molar-refractivity contribution in [3.05, 3.63) is 57.0 Å². The van der Waals surface area contributed by atoms with Gasteiger partial charge in [0.25, 0.3) is 0 Å². The van der Waals surface area contributed by atoms with E-state index in [1.54, 1.807) is 24.3 Å². The summed E-state index contributed by atoms with van der Waals surface area (Å²) in [7, 11) is 0. The number of rotatable bonds is 4. The van der Waals surface area contributed by atoms with Crippen molar-refractivity contribution >= 4 is 52.2 Å². The SMILES string of the molecule is O=C(Nc1ccc(Cl)c(Cl)c1OC(F)F)N1CCC(c2ccc(Cl)cc2)=N1. The van der Waals surface area contributed by atoms with Crippen LogP contribution in [0.4, 0.5) is 19.3 Å². The lowest BCUT2D eigenvalue weighted by atomic mass is 10.1. The maximum Gasteiger partial charge on any atom is 0.387 e. The van der Waals surface area contributed by atoms with Crippen LogP contribution in [0.15, 0.2) is 41.5 Å². The zero-order valence-electron chi connectivity index (χ0n) is 13.6. The minimum atomic E-state index is -3.13. The van der Waals surface area contributed by atoms with Crippen LogP contribution in [0, 0.1) is 0 Å². The largest absolute Gasteiger partial charge is 0.431 e. The Labute approximate surface area is 168 Å². The molecule has 0 saturated heterocycles. The maximum absolute atomic E-state index is 12.6. The van der Waals surface area contributed by atoms with Gasteiger partial charge in [-0.05, 0) is 29.8 Å². The summed E-state index contributed by atoms with van der Waals surface area (Å²) in [6.45, 7) is -2.80. The molecule has 0 bridgehead atoms. The Hall–Kier alpha value is -2.09. The topological polar surface area (TPSA) is 53.9 Å². The van der Waals surface area contributed by atoms with Crippen LogP contribution in [-0.2, 0) is 0 Å². The molecule has 0 aromatic heterocycles. The van der Waals surface area contributed by atoms with Crippen molar-refractivity contribution in [1.29, 1.82) is 0 Å². The van der Waals surface area contributed by atoms with Crippen LogP contribution < -0.4 is 10.1 Å². The molecular formula is C17H12Cl3F2N3O2. The molecule has 0 spiro atoms. The van der Waals surface area contributed by atoms with Gasteiger partial charge in [0.05, 0.1) is 23.0 Å². The first-order chi connectivity index (χ1) is 12.8. The number of hydrogen-bond acceptors (Lipinski definition) is 3. The fourth-order valence-electron chi connectivity index (χ4n) is 2.46. The van der Waals surface area contributed by atoms with E-state index in [4.69, 9.17) is 34.8 Å². The van der Waals surface area contributed by atoms with Crippen molar-refractivity contribution < 1.29 is 18.3 Å². The van der Waals surface area contributed by atoms with E-state index in [0.29, 0.717) is 23.7 Å². The lowest BCUT2D eigenvalue weighted by molar-refractivity contribution is -0.0493. The smallest absolute Gasteiger partial charge is 0.387 e. The van der Waals surface area contributed by atoms with Crippen LogP contribution >= 0.6 is 34.8 Å². The second-order valence-electron chi connectivity index (χ2n) is 5.47. The molecule has 0 radical (unpaired) electrons. The number of ether oxygens (including phenoxy) is 1. The van der Waals surface area contributed by atoms with Crippen molar-refractivity contribution in [3.63, 3.8) is 0 Å². The van der Waals surface area contributed by atoms with E-state index in [2.05, 4.69) is 15.2 Å². The number of carbonyl (C=O) groups is 1. The van der Waals surface area contributed by atoms with Gasteiger partial charge in [0, 0.05) is 11.4 Å². The molecule has 1 aliphatic rings. The summed E-state index contributed by atoms with van der Waals surface area (Å²) in [6.07, 6.45) is 0.539. The second kappa shape index (κ2) is 8.29. The van der Waals surface area contributed by atoms with Gasteiger partial charge in [0.2, 0.25) is 0 Å². The van der Waals surface area contributed by atoms with Crippen LogP contribution in [0.2, 0.25) is 15.1 Å². The van der Waals surface area contributed by atoms with E-state index in [-0.39, 0.29) is 15.7 Å². The summed E-state index contributed by atoms with van der Waals surface area (Å²) < 4.78 is 29.7. The Morgan fingerprint density at radius 3 is 2.52 bits per heavy atom. The zero-order chi connectivity index (χ0) is 19.6. The molecule has 142 valence electrons. The van der Waals surface area contributed by atoms with Crippen LogP contribution in [0.25, 0.3) is 0 Å². The minimum Gasteiger partial charge on any atom is -0.431 e. The summed E-state index contributed by atoms with van der Waals surface area (Å²) in [6, 6.07) is 9.13. The van der Waals surface area contributed by atoms with Gasteiger partial charge in [-0.1, -0.05) is 46.9 Å². The number of halogens is 5. The molecule has 2 amide bonds. The number of hydrazone groups is 1. The highest BCUT2D eigenvalue weighted by Crippen LogP contribution is 2.39. The van der Waals surface area contributed by atoms with E-state index >= 15 is 0 Å². The third kappa shape index (κ3) is 4.61. The molecule has 0 aliphatic carbocycles. The number of benzene rings is 2. The molecule has 0 fully saturated rings. The van der Waals surface area contributed by atoms with E-state index in [9.17, 15) is 13.6 Å². The molecule has 0 atom stereocenters. The predicted octanol–water partition coefficient (Wildman–Crippen LogP) is 5.89. The summed E-state index contributed by atoms with van der Waals surface area (Å²) in [5.41, 5.74) is 1.51. The number of alkyl halides is 2. The highest BCUT2D eigenvalue weighted by molar-refractivity contribution is 6.43. The van der Waals surface area contributed by atoms with Gasteiger partial charge in [-0.25, -0.2) is 9.80 Å². The van der Waals surface area contributed by atoms with Crippen LogP contribution in [0.5, 0.6) is 5.75 Å². The third-order valence-corrected chi connectivity index (χ3v) is 4.75. The number of amides is 2. The van der Waals surface area contributed by atoms with Crippen molar-refractivity contribution in [2.45, 2.75) is 13.0 Å². The summed E-state index contributed by atoms with van der Waals surface area (Å²) in [4.78, 5) is 12.4. The van der Waals surface area contributed by atoms with Gasteiger partial charge in [0.15, 0.2) is 5.75 Å². The molecular weight excluding hydrogens is 423 g/mol.